The van der Waals surface area contributed by atoms with Gasteiger partial charge in [-0.3, -0.25) is 4.79 Å². The fraction of sp³-hybridized carbons (Fsp3) is 0.800. The monoisotopic (exact) mass is 238 g/mol. The first-order chi connectivity index (χ1) is 8.33. The zero-order valence-corrected chi connectivity index (χ0v) is 11.1. The minimum absolute atomic E-state index is 0.00195. The van der Waals surface area contributed by atoms with Crippen LogP contribution >= 0.6 is 0 Å². The fourth-order valence-corrected chi connectivity index (χ4v) is 2.17. The molecule has 1 aliphatic rings. The summed E-state index contributed by atoms with van der Waals surface area (Å²) in [5, 5.41) is 0. The maximum atomic E-state index is 11.6. The molecule has 1 heterocycles. The van der Waals surface area contributed by atoms with Crippen LogP contribution < -0.4 is 0 Å². The largest absolute Gasteiger partial charge is 0.462 e. The highest BCUT2D eigenvalue weighted by molar-refractivity contribution is 5.69. The lowest BCUT2D eigenvalue weighted by Gasteiger charge is -2.16. The maximum absolute atomic E-state index is 11.6. The Morgan fingerprint density at radius 3 is 2.53 bits per heavy atom. The van der Waals surface area contributed by atoms with E-state index in [-0.39, 0.29) is 12.1 Å². The number of carbonyl (C=O) groups is 1. The van der Waals surface area contributed by atoms with Crippen molar-refractivity contribution in [1.29, 1.82) is 0 Å². The zero-order valence-electron chi connectivity index (χ0n) is 11.1. The first kappa shape index (κ1) is 14.3. The Labute approximate surface area is 105 Å². The van der Waals surface area contributed by atoms with Crippen molar-refractivity contribution < 1.29 is 9.53 Å². The van der Waals surface area contributed by atoms with Gasteiger partial charge in [0, 0.05) is 6.42 Å². The van der Waals surface area contributed by atoms with E-state index >= 15 is 0 Å². The van der Waals surface area contributed by atoms with Gasteiger partial charge in [0.05, 0.1) is 0 Å². The molecule has 0 fully saturated rings. The van der Waals surface area contributed by atoms with Crippen molar-refractivity contribution >= 4 is 5.97 Å². The Balaban J connectivity index is 2.37. The second-order valence-corrected chi connectivity index (χ2v) is 4.88. The molecule has 17 heavy (non-hydrogen) atoms. The van der Waals surface area contributed by atoms with E-state index in [0.717, 1.165) is 32.1 Å². The van der Waals surface area contributed by atoms with E-state index < -0.39 is 0 Å². The number of hydrogen-bond donors (Lipinski definition) is 0. The van der Waals surface area contributed by atoms with Crippen molar-refractivity contribution in [3.05, 3.63) is 12.2 Å². The molecule has 1 aliphatic heterocycles. The summed E-state index contributed by atoms with van der Waals surface area (Å²) in [6.45, 7) is 2.10. The van der Waals surface area contributed by atoms with Gasteiger partial charge >= 0.3 is 5.97 Å². The van der Waals surface area contributed by atoms with Crippen LogP contribution in [0.3, 0.4) is 0 Å². The third kappa shape index (κ3) is 7.19. The Bertz CT molecular complexity index is 233. The zero-order chi connectivity index (χ0) is 12.3. The van der Waals surface area contributed by atoms with Crippen LogP contribution in [-0.2, 0) is 9.53 Å². The van der Waals surface area contributed by atoms with Gasteiger partial charge in [0.1, 0.15) is 6.10 Å². The predicted molar refractivity (Wildman–Crippen MR) is 70.9 cm³/mol. The van der Waals surface area contributed by atoms with Gasteiger partial charge in [0.25, 0.3) is 0 Å². The molecule has 0 N–H and O–H groups in total. The van der Waals surface area contributed by atoms with Crippen LogP contribution in [0.4, 0.5) is 0 Å². The van der Waals surface area contributed by atoms with Crippen LogP contribution in [0.5, 0.6) is 0 Å². The van der Waals surface area contributed by atoms with Crippen LogP contribution in [0.15, 0.2) is 12.2 Å². The number of cyclic esters (lactones) is 1. The molecule has 0 spiro atoms. The quantitative estimate of drug-likeness (QED) is 0.500. The summed E-state index contributed by atoms with van der Waals surface area (Å²) in [5.74, 6) is -0.00195. The third-order valence-corrected chi connectivity index (χ3v) is 3.32. The smallest absolute Gasteiger partial charge is 0.306 e. The molecule has 2 nitrogen and oxygen atoms in total. The minimum atomic E-state index is -0.00195. The van der Waals surface area contributed by atoms with E-state index in [2.05, 4.69) is 19.1 Å². The van der Waals surface area contributed by atoms with Crippen molar-refractivity contribution in [3.63, 3.8) is 0 Å². The van der Waals surface area contributed by atoms with Crippen LogP contribution in [0.1, 0.15) is 71.1 Å². The van der Waals surface area contributed by atoms with E-state index in [1.165, 1.54) is 25.7 Å². The molecular formula is C15H26O2. The molecule has 0 aromatic carbocycles. The summed E-state index contributed by atoms with van der Waals surface area (Å²) in [5.41, 5.74) is 0. The van der Waals surface area contributed by atoms with E-state index in [0.29, 0.717) is 6.42 Å². The number of carbonyl (C=O) groups excluding carboxylic acids is 1. The minimum Gasteiger partial charge on any atom is -0.462 e. The van der Waals surface area contributed by atoms with E-state index in [1.54, 1.807) is 0 Å². The first-order valence-corrected chi connectivity index (χ1v) is 7.17. The van der Waals surface area contributed by atoms with Gasteiger partial charge in [-0.2, -0.15) is 0 Å². The molecule has 1 atom stereocenters. The molecule has 0 aromatic rings. The molecule has 2 heteroatoms. The second-order valence-electron chi connectivity index (χ2n) is 4.88. The summed E-state index contributed by atoms with van der Waals surface area (Å²) >= 11 is 0. The van der Waals surface area contributed by atoms with E-state index in [4.69, 9.17) is 4.74 Å². The van der Waals surface area contributed by atoms with Crippen molar-refractivity contribution in [2.24, 2.45) is 0 Å². The third-order valence-electron chi connectivity index (χ3n) is 3.32. The number of allylic oxidation sites excluding steroid dienone is 2. The standard InChI is InChI=1S/C15H26O2/c1-2-14-12-10-8-6-4-3-5-7-9-11-13-15(16)17-14/h3,5,14H,2,4,6-13H2,1H3. The van der Waals surface area contributed by atoms with E-state index in [1.807, 2.05) is 0 Å². The molecule has 98 valence electrons. The summed E-state index contributed by atoms with van der Waals surface area (Å²) < 4.78 is 5.49. The lowest BCUT2D eigenvalue weighted by atomic mass is 10.1. The molecule has 0 bridgehead atoms. The molecule has 0 amide bonds. The average molecular weight is 238 g/mol. The molecule has 0 aliphatic carbocycles. The van der Waals surface area contributed by atoms with Gasteiger partial charge < -0.3 is 4.74 Å². The Hall–Kier alpha value is -0.790. The number of ether oxygens (including phenoxy) is 1. The Kier molecular flexibility index (Phi) is 7.78. The summed E-state index contributed by atoms with van der Waals surface area (Å²) in [4.78, 5) is 11.6. The normalized spacial score (nSPS) is 25.0. The van der Waals surface area contributed by atoms with E-state index in [9.17, 15) is 4.79 Å². The Morgan fingerprint density at radius 2 is 1.82 bits per heavy atom. The summed E-state index contributed by atoms with van der Waals surface area (Å²) in [6, 6.07) is 0. The number of rotatable bonds is 1. The fourth-order valence-electron chi connectivity index (χ4n) is 2.17. The highest BCUT2D eigenvalue weighted by Crippen LogP contribution is 2.14. The molecule has 1 unspecified atom stereocenters. The lowest BCUT2D eigenvalue weighted by Crippen LogP contribution is -2.17. The lowest BCUT2D eigenvalue weighted by molar-refractivity contribution is -0.149. The highest BCUT2D eigenvalue weighted by atomic mass is 16.5. The summed E-state index contributed by atoms with van der Waals surface area (Å²) in [6.07, 6.45) is 15.3. The van der Waals surface area contributed by atoms with Gasteiger partial charge in [-0.15, -0.1) is 0 Å². The first-order valence-electron chi connectivity index (χ1n) is 7.17. The highest BCUT2D eigenvalue weighted by Gasteiger charge is 2.11. The number of hydrogen-bond acceptors (Lipinski definition) is 2. The average Bonchev–Trinajstić information content (AvgIpc) is 2.33. The molecule has 0 saturated carbocycles. The Morgan fingerprint density at radius 1 is 1.12 bits per heavy atom. The van der Waals surface area contributed by atoms with Gasteiger partial charge in [0.2, 0.25) is 0 Å². The molecule has 1 rings (SSSR count). The summed E-state index contributed by atoms with van der Waals surface area (Å²) in [7, 11) is 0. The SMILES string of the molecule is CCC1CCCCCC=CCCCCC(=O)O1. The van der Waals surface area contributed by atoms with Gasteiger partial charge in [0.15, 0.2) is 0 Å². The molecular weight excluding hydrogens is 212 g/mol. The second kappa shape index (κ2) is 9.26. The van der Waals surface area contributed by atoms with Crippen LogP contribution in [0, 0.1) is 0 Å². The molecule has 0 aromatic heterocycles. The molecule has 0 saturated heterocycles. The van der Waals surface area contributed by atoms with Crippen LogP contribution in [-0.4, -0.2) is 12.1 Å². The van der Waals surface area contributed by atoms with Crippen LogP contribution in [0.2, 0.25) is 0 Å². The topological polar surface area (TPSA) is 26.3 Å². The maximum Gasteiger partial charge on any atom is 0.306 e. The van der Waals surface area contributed by atoms with Gasteiger partial charge in [-0.05, 0) is 51.4 Å². The van der Waals surface area contributed by atoms with Gasteiger partial charge in [-0.25, -0.2) is 0 Å². The van der Waals surface area contributed by atoms with Crippen molar-refractivity contribution in [2.75, 3.05) is 0 Å². The molecule has 0 radical (unpaired) electrons. The van der Waals surface area contributed by atoms with Crippen LogP contribution in [0.25, 0.3) is 0 Å². The number of esters is 1. The van der Waals surface area contributed by atoms with Gasteiger partial charge in [-0.1, -0.05) is 25.5 Å². The van der Waals surface area contributed by atoms with Crippen molar-refractivity contribution in [2.45, 2.75) is 77.2 Å². The van der Waals surface area contributed by atoms with Crippen molar-refractivity contribution in [1.82, 2.24) is 0 Å². The predicted octanol–water partition coefficient (Wildman–Crippen LogP) is 4.39. The van der Waals surface area contributed by atoms with Crippen molar-refractivity contribution in [3.8, 4) is 0 Å².